The first-order chi connectivity index (χ1) is 10.1. The molecule has 22 heavy (non-hydrogen) atoms. The molecule has 1 fully saturated rings. The number of benzene rings is 1. The van der Waals surface area contributed by atoms with Gasteiger partial charge >= 0.3 is 0 Å². The van der Waals surface area contributed by atoms with Crippen molar-refractivity contribution in [3.8, 4) is 0 Å². The van der Waals surface area contributed by atoms with Crippen LogP contribution < -0.4 is 0 Å². The number of aromatic nitrogens is 1. The maximum atomic E-state index is 5.59. The molecule has 120 valence electrons. The molecule has 2 heteroatoms. The zero-order valence-electron chi connectivity index (χ0n) is 15.0. The molecule has 1 aromatic carbocycles. The van der Waals surface area contributed by atoms with Crippen LogP contribution in [0.4, 0.5) is 0 Å². The summed E-state index contributed by atoms with van der Waals surface area (Å²) in [7, 11) is 1.83. The van der Waals surface area contributed by atoms with Crippen molar-refractivity contribution in [2.75, 3.05) is 7.11 Å². The second kappa shape index (κ2) is 4.86. The van der Waals surface area contributed by atoms with Gasteiger partial charge in [-0.1, -0.05) is 53.7 Å². The number of rotatable bonds is 2. The van der Waals surface area contributed by atoms with E-state index in [-0.39, 0.29) is 10.8 Å². The normalized spacial score (nSPS) is 22.3. The number of methoxy groups -OCH3 is 1. The molecule has 0 N–H and O–H groups in total. The van der Waals surface area contributed by atoms with Crippen LogP contribution in [0.3, 0.4) is 0 Å². The minimum atomic E-state index is 0.141. The predicted octanol–water partition coefficient (Wildman–Crippen LogP) is 5.20. The van der Waals surface area contributed by atoms with Crippen LogP contribution in [0.2, 0.25) is 0 Å². The number of ether oxygens (including phenoxy) is 1. The Hall–Kier alpha value is -1.28. The highest BCUT2D eigenvalue weighted by atomic mass is 16.5. The van der Waals surface area contributed by atoms with Crippen molar-refractivity contribution in [3.63, 3.8) is 0 Å². The summed E-state index contributed by atoms with van der Waals surface area (Å²) in [6.07, 6.45) is 1.50. The van der Waals surface area contributed by atoms with Crippen molar-refractivity contribution < 1.29 is 4.74 Å². The number of fused-ring (bicyclic) bond motifs is 1. The second-order valence-corrected chi connectivity index (χ2v) is 8.75. The largest absolute Gasteiger partial charge is 0.379 e. The summed E-state index contributed by atoms with van der Waals surface area (Å²) in [5.41, 5.74) is 4.49. The van der Waals surface area contributed by atoms with Gasteiger partial charge in [0.25, 0.3) is 0 Å². The van der Waals surface area contributed by atoms with Crippen LogP contribution in [0.5, 0.6) is 0 Å². The summed E-state index contributed by atoms with van der Waals surface area (Å²) >= 11 is 0. The van der Waals surface area contributed by atoms with Crippen molar-refractivity contribution >= 4 is 10.9 Å². The Morgan fingerprint density at radius 3 is 2.18 bits per heavy atom. The Balaban J connectivity index is 2.22. The predicted molar refractivity (Wildman–Crippen MR) is 93.8 cm³/mol. The number of hydrogen-bond donors (Lipinski definition) is 0. The smallest absolute Gasteiger partial charge is 0.0800 e. The lowest BCUT2D eigenvalue weighted by Gasteiger charge is -2.23. The van der Waals surface area contributed by atoms with Gasteiger partial charge in [0.2, 0.25) is 0 Å². The molecule has 2 aromatic rings. The topological polar surface area (TPSA) is 14.2 Å². The third kappa shape index (κ3) is 2.58. The highest BCUT2D eigenvalue weighted by Gasteiger charge is 2.42. The van der Waals surface area contributed by atoms with Gasteiger partial charge in [-0.05, 0) is 34.9 Å². The Morgan fingerprint density at radius 1 is 1.00 bits per heavy atom. The Kier molecular flexibility index (Phi) is 3.45. The fourth-order valence-electron chi connectivity index (χ4n) is 3.31. The van der Waals surface area contributed by atoms with Gasteiger partial charge in [0, 0.05) is 23.7 Å². The SMILES string of the molecule is COC1CC1n1c(C(C)(C)C)cc2ccc(C(C)(C)C)cc21. The van der Waals surface area contributed by atoms with Crippen LogP contribution >= 0.6 is 0 Å². The molecule has 0 spiro atoms. The molecule has 0 radical (unpaired) electrons. The molecule has 1 aliphatic carbocycles. The van der Waals surface area contributed by atoms with E-state index in [0.29, 0.717) is 12.1 Å². The molecule has 1 aromatic heterocycles. The Labute approximate surface area is 134 Å². The molecule has 1 heterocycles. The first-order valence-electron chi connectivity index (χ1n) is 8.31. The number of nitrogens with zero attached hydrogens (tertiary/aromatic N) is 1. The average Bonchev–Trinajstić information content (AvgIpc) is 3.07. The minimum absolute atomic E-state index is 0.141. The molecule has 2 nitrogen and oxygen atoms in total. The second-order valence-electron chi connectivity index (χ2n) is 8.75. The van der Waals surface area contributed by atoms with Crippen molar-refractivity contribution in [2.24, 2.45) is 0 Å². The van der Waals surface area contributed by atoms with Crippen LogP contribution in [0, 0.1) is 0 Å². The van der Waals surface area contributed by atoms with E-state index in [1.807, 2.05) is 7.11 Å². The average molecular weight is 299 g/mol. The van der Waals surface area contributed by atoms with E-state index in [1.54, 1.807) is 0 Å². The van der Waals surface area contributed by atoms with E-state index in [2.05, 4.69) is 70.4 Å². The monoisotopic (exact) mass is 299 g/mol. The lowest BCUT2D eigenvalue weighted by atomic mass is 9.87. The molecule has 0 amide bonds. The standard InChI is InChI=1S/C20H29NO/c1-19(2,3)14-9-8-13-10-18(20(4,5)6)21(15(13)11-14)16-12-17(16)22-7/h8-11,16-17H,12H2,1-7H3. The van der Waals surface area contributed by atoms with E-state index >= 15 is 0 Å². The summed E-state index contributed by atoms with van der Waals surface area (Å²) in [5.74, 6) is 0. The van der Waals surface area contributed by atoms with Crippen molar-refractivity contribution in [1.82, 2.24) is 4.57 Å². The number of hydrogen-bond acceptors (Lipinski definition) is 1. The van der Waals surface area contributed by atoms with E-state index in [1.165, 1.54) is 22.2 Å². The highest BCUT2D eigenvalue weighted by molar-refractivity contribution is 5.83. The molecule has 3 rings (SSSR count). The molecular weight excluding hydrogens is 270 g/mol. The molecule has 2 atom stereocenters. The molecule has 0 saturated heterocycles. The fourth-order valence-corrected chi connectivity index (χ4v) is 3.31. The van der Waals surface area contributed by atoms with Crippen molar-refractivity contribution in [1.29, 1.82) is 0 Å². The lowest BCUT2D eigenvalue weighted by molar-refractivity contribution is 0.170. The van der Waals surface area contributed by atoms with Gasteiger partial charge in [-0.2, -0.15) is 0 Å². The summed E-state index contributed by atoms with van der Waals surface area (Å²) in [6.45, 7) is 13.7. The van der Waals surface area contributed by atoms with E-state index in [9.17, 15) is 0 Å². The lowest BCUT2D eigenvalue weighted by Crippen LogP contribution is -2.18. The molecule has 1 aliphatic rings. The van der Waals surface area contributed by atoms with Crippen LogP contribution in [0.1, 0.15) is 65.3 Å². The molecular formula is C20H29NO. The molecule has 2 unspecified atom stereocenters. The van der Waals surface area contributed by atoms with E-state index in [4.69, 9.17) is 4.74 Å². The maximum Gasteiger partial charge on any atom is 0.0800 e. The third-order valence-electron chi connectivity index (χ3n) is 4.81. The van der Waals surface area contributed by atoms with Crippen molar-refractivity contribution in [3.05, 3.63) is 35.5 Å². The summed E-state index contributed by atoms with van der Waals surface area (Å²) in [4.78, 5) is 0. The zero-order chi connectivity index (χ0) is 16.3. The first-order valence-corrected chi connectivity index (χ1v) is 8.31. The van der Waals surface area contributed by atoms with Gasteiger partial charge in [-0.3, -0.25) is 0 Å². The van der Waals surface area contributed by atoms with Gasteiger partial charge in [0.1, 0.15) is 0 Å². The quantitative estimate of drug-likeness (QED) is 0.743. The Bertz CT molecular complexity index is 697. The summed E-state index contributed by atoms with van der Waals surface area (Å²) < 4.78 is 8.13. The maximum absolute atomic E-state index is 5.59. The molecule has 0 aliphatic heterocycles. The first kappa shape index (κ1) is 15.6. The van der Waals surface area contributed by atoms with E-state index in [0.717, 1.165) is 6.42 Å². The van der Waals surface area contributed by atoms with Crippen LogP contribution in [-0.2, 0) is 15.6 Å². The van der Waals surface area contributed by atoms with Gasteiger partial charge in [0.05, 0.1) is 12.1 Å². The van der Waals surface area contributed by atoms with E-state index < -0.39 is 0 Å². The highest BCUT2D eigenvalue weighted by Crippen LogP contribution is 2.45. The summed E-state index contributed by atoms with van der Waals surface area (Å²) in [5, 5.41) is 1.35. The van der Waals surface area contributed by atoms with Crippen LogP contribution in [-0.4, -0.2) is 17.8 Å². The van der Waals surface area contributed by atoms with Crippen molar-refractivity contribution in [2.45, 2.75) is 70.9 Å². The Morgan fingerprint density at radius 2 is 1.68 bits per heavy atom. The van der Waals surface area contributed by atoms with Gasteiger partial charge in [-0.15, -0.1) is 0 Å². The zero-order valence-corrected chi connectivity index (χ0v) is 15.0. The molecule has 1 saturated carbocycles. The molecule has 0 bridgehead atoms. The fraction of sp³-hybridized carbons (Fsp3) is 0.600. The van der Waals surface area contributed by atoms with Crippen LogP contribution in [0.15, 0.2) is 24.3 Å². The third-order valence-corrected chi connectivity index (χ3v) is 4.81. The van der Waals surface area contributed by atoms with Gasteiger partial charge < -0.3 is 9.30 Å². The minimum Gasteiger partial charge on any atom is -0.379 e. The van der Waals surface area contributed by atoms with Gasteiger partial charge in [0.15, 0.2) is 0 Å². The van der Waals surface area contributed by atoms with Crippen LogP contribution in [0.25, 0.3) is 10.9 Å². The summed E-state index contributed by atoms with van der Waals surface area (Å²) in [6, 6.07) is 9.81. The van der Waals surface area contributed by atoms with Gasteiger partial charge in [-0.25, -0.2) is 0 Å².